The van der Waals surface area contributed by atoms with Crippen molar-refractivity contribution in [3.8, 4) is 17.1 Å². The summed E-state index contributed by atoms with van der Waals surface area (Å²) in [4.78, 5) is 26.9. The molecule has 4 rings (SSSR count). The lowest BCUT2D eigenvalue weighted by Gasteiger charge is -2.16. The lowest BCUT2D eigenvalue weighted by molar-refractivity contribution is -0.117. The predicted molar refractivity (Wildman–Crippen MR) is 107 cm³/mol. The molecule has 3 aromatic heterocycles. The van der Waals surface area contributed by atoms with E-state index in [1.165, 1.54) is 0 Å². The molecule has 8 heteroatoms. The Morgan fingerprint density at radius 1 is 1.07 bits per heavy atom. The highest BCUT2D eigenvalue weighted by Gasteiger charge is 2.20. The van der Waals surface area contributed by atoms with Gasteiger partial charge in [0.15, 0.2) is 11.6 Å². The first-order chi connectivity index (χ1) is 13.5. The van der Waals surface area contributed by atoms with Crippen LogP contribution < -0.4 is 10.6 Å². The monoisotopic (exact) mass is 373 g/mol. The summed E-state index contributed by atoms with van der Waals surface area (Å²) in [7, 11) is 3.83. The zero-order valence-corrected chi connectivity index (χ0v) is 15.6. The first-order valence-corrected chi connectivity index (χ1v) is 8.75. The van der Waals surface area contributed by atoms with E-state index in [9.17, 15) is 4.79 Å². The number of benzene rings is 1. The molecule has 0 unspecified atom stereocenters. The fourth-order valence-electron chi connectivity index (χ4n) is 3.11. The van der Waals surface area contributed by atoms with E-state index in [0.717, 1.165) is 28.0 Å². The number of fused-ring (bicyclic) bond motifs is 1. The van der Waals surface area contributed by atoms with E-state index in [1.807, 2.05) is 61.5 Å². The molecule has 0 aliphatic rings. The summed E-state index contributed by atoms with van der Waals surface area (Å²) in [6.07, 6.45) is 3.42. The van der Waals surface area contributed by atoms with Crippen LogP contribution in [-0.2, 0) is 11.2 Å². The van der Waals surface area contributed by atoms with Crippen molar-refractivity contribution in [3.05, 3.63) is 60.7 Å². The van der Waals surface area contributed by atoms with E-state index in [0.29, 0.717) is 11.6 Å². The largest absolute Gasteiger partial charge is 0.369 e. The van der Waals surface area contributed by atoms with Crippen LogP contribution >= 0.6 is 0 Å². The molecule has 0 saturated heterocycles. The number of anilines is 1. The standard InChI is InChI=1S/C20H19N7O/c1-26(2)19-14(8-5-11-23-19)20-24-17(12-16(21)28)25-27(20)15-9-3-6-13-7-4-10-22-18(13)15/h3-11H,12H2,1-2H3,(H2,21,28). The molecule has 2 N–H and O–H groups in total. The van der Waals surface area contributed by atoms with Crippen LogP contribution in [-0.4, -0.2) is 44.7 Å². The normalized spacial score (nSPS) is 10.9. The Morgan fingerprint density at radius 2 is 1.82 bits per heavy atom. The van der Waals surface area contributed by atoms with Gasteiger partial charge < -0.3 is 10.6 Å². The van der Waals surface area contributed by atoms with Gasteiger partial charge in [-0.3, -0.25) is 9.78 Å². The van der Waals surface area contributed by atoms with Gasteiger partial charge in [0.25, 0.3) is 0 Å². The number of para-hydroxylation sites is 1. The Kier molecular flexibility index (Phi) is 4.44. The number of aromatic nitrogens is 5. The first kappa shape index (κ1) is 17.6. The van der Waals surface area contributed by atoms with Crippen molar-refractivity contribution in [1.29, 1.82) is 0 Å². The van der Waals surface area contributed by atoms with E-state index in [2.05, 4.69) is 20.1 Å². The third-order valence-corrected chi connectivity index (χ3v) is 4.27. The van der Waals surface area contributed by atoms with E-state index >= 15 is 0 Å². The molecule has 0 bridgehead atoms. The SMILES string of the molecule is CN(C)c1ncccc1-c1nc(CC(N)=O)nn1-c1cccc2cccnc12. The quantitative estimate of drug-likeness (QED) is 0.574. The lowest BCUT2D eigenvalue weighted by Crippen LogP contribution is -2.14. The average molecular weight is 373 g/mol. The van der Waals surface area contributed by atoms with E-state index < -0.39 is 5.91 Å². The molecule has 0 spiro atoms. The molecule has 8 nitrogen and oxygen atoms in total. The zero-order chi connectivity index (χ0) is 19.7. The molecule has 0 radical (unpaired) electrons. The van der Waals surface area contributed by atoms with Crippen molar-refractivity contribution in [2.75, 3.05) is 19.0 Å². The number of nitrogens with zero attached hydrogens (tertiary/aromatic N) is 6. The summed E-state index contributed by atoms with van der Waals surface area (Å²) in [5, 5.41) is 5.55. The highest BCUT2D eigenvalue weighted by Crippen LogP contribution is 2.30. The summed E-state index contributed by atoms with van der Waals surface area (Å²) < 4.78 is 1.71. The Bertz CT molecular complexity index is 1160. The Labute approximate surface area is 161 Å². The maximum atomic E-state index is 11.4. The Morgan fingerprint density at radius 3 is 2.61 bits per heavy atom. The highest BCUT2D eigenvalue weighted by molar-refractivity contribution is 5.87. The summed E-state index contributed by atoms with van der Waals surface area (Å²) in [6, 6.07) is 13.5. The molecular formula is C20H19N7O. The van der Waals surface area contributed by atoms with Gasteiger partial charge in [-0.1, -0.05) is 18.2 Å². The number of nitrogens with two attached hydrogens (primary N) is 1. The maximum Gasteiger partial charge on any atom is 0.225 e. The number of pyridine rings is 2. The molecule has 0 saturated carbocycles. The summed E-state index contributed by atoms with van der Waals surface area (Å²) in [6.45, 7) is 0. The second kappa shape index (κ2) is 7.07. The fourth-order valence-corrected chi connectivity index (χ4v) is 3.11. The molecule has 0 fully saturated rings. The van der Waals surface area contributed by atoms with Gasteiger partial charge in [0.2, 0.25) is 5.91 Å². The lowest BCUT2D eigenvalue weighted by atomic mass is 10.2. The molecule has 1 amide bonds. The van der Waals surface area contributed by atoms with Crippen LogP contribution in [0.1, 0.15) is 5.82 Å². The smallest absolute Gasteiger partial charge is 0.225 e. The molecule has 0 atom stereocenters. The van der Waals surface area contributed by atoms with Gasteiger partial charge in [0, 0.05) is 31.9 Å². The third kappa shape index (κ3) is 3.16. The third-order valence-electron chi connectivity index (χ3n) is 4.27. The molecule has 0 aliphatic heterocycles. The van der Waals surface area contributed by atoms with Crippen molar-refractivity contribution >= 4 is 22.6 Å². The van der Waals surface area contributed by atoms with Crippen LogP contribution in [0.25, 0.3) is 28.0 Å². The van der Waals surface area contributed by atoms with E-state index in [1.54, 1.807) is 17.1 Å². The molecule has 140 valence electrons. The molecule has 0 aliphatic carbocycles. The van der Waals surface area contributed by atoms with Gasteiger partial charge in [-0.05, 0) is 24.3 Å². The maximum absolute atomic E-state index is 11.4. The number of amides is 1. The van der Waals surface area contributed by atoms with E-state index in [4.69, 9.17) is 5.73 Å². The topological polar surface area (TPSA) is 103 Å². The van der Waals surface area contributed by atoms with Gasteiger partial charge in [-0.2, -0.15) is 5.10 Å². The van der Waals surface area contributed by atoms with Crippen molar-refractivity contribution in [2.45, 2.75) is 6.42 Å². The number of hydrogen-bond donors (Lipinski definition) is 1. The summed E-state index contributed by atoms with van der Waals surface area (Å²) in [5.41, 5.74) is 7.72. The van der Waals surface area contributed by atoms with Crippen molar-refractivity contribution in [1.82, 2.24) is 24.7 Å². The van der Waals surface area contributed by atoms with Gasteiger partial charge in [0.05, 0.1) is 23.2 Å². The van der Waals surface area contributed by atoms with Crippen LogP contribution in [0.3, 0.4) is 0 Å². The number of carbonyl (C=O) groups is 1. The number of primary amides is 1. The molecule has 28 heavy (non-hydrogen) atoms. The van der Waals surface area contributed by atoms with Crippen LogP contribution in [0.5, 0.6) is 0 Å². The van der Waals surface area contributed by atoms with Gasteiger partial charge in [0.1, 0.15) is 5.82 Å². The molecule has 3 heterocycles. The van der Waals surface area contributed by atoms with Gasteiger partial charge >= 0.3 is 0 Å². The average Bonchev–Trinajstić information content (AvgIpc) is 3.10. The predicted octanol–water partition coefficient (Wildman–Crippen LogP) is 1.97. The zero-order valence-electron chi connectivity index (χ0n) is 15.6. The Hall–Kier alpha value is -3.81. The summed E-state index contributed by atoms with van der Waals surface area (Å²) in [5.74, 6) is 1.18. The number of rotatable bonds is 5. The fraction of sp³-hybridized carbons (Fsp3) is 0.150. The molecule has 1 aromatic carbocycles. The minimum Gasteiger partial charge on any atom is -0.369 e. The highest BCUT2D eigenvalue weighted by atomic mass is 16.1. The van der Waals surface area contributed by atoms with Crippen LogP contribution in [0.15, 0.2) is 54.9 Å². The minimum absolute atomic E-state index is 0.0459. The van der Waals surface area contributed by atoms with Gasteiger partial charge in [-0.25, -0.2) is 14.6 Å². The second-order valence-corrected chi connectivity index (χ2v) is 6.53. The second-order valence-electron chi connectivity index (χ2n) is 6.53. The van der Waals surface area contributed by atoms with Crippen LogP contribution in [0, 0.1) is 0 Å². The Balaban J connectivity index is 2.00. The molecular weight excluding hydrogens is 354 g/mol. The van der Waals surface area contributed by atoms with E-state index in [-0.39, 0.29) is 6.42 Å². The van der Waals surface area contributed by atoms with Gasteiger partial charge in [-0.15, -0.1) is 0 Å². The number of hydrogen-bond acceptors (Lipinski definition) is 6. The molecule has 4 aromatic rings. The summed E-state index contributed by atoms with van der Waals surface area (Å²) >= 11 is 0. The first-order valence-electron chi connectivity index (χ1n) is 8.75. The van der Waals surface area contributed by atoms with Crippen molar-refractivity contribution in [2.24, 2.45) is 5.73 Å². The van der Waals surface area contributed by atoms with Crippen LogP contribution in [0.2, 0.25) is 0 Å². The minimum atomic E-state index is -0.487. The number of carbonyl (C=O) groups excluding carboxylic acids is 1. The van der Waals surface area contributed by atoms with Crippen molar-refractivity contribution in [3.63, 3.8) is 0 Å². The van der Waals surface area contributed by atoms with Crippen LogP contribution in [0.4, 0.5) is 5.82 Å². The van der Waals surface area contributed by atoms with Crippen molar-refractivity contribution < 1.29 is 4.79 Å².